The van der Waals surface area contributed by atoms with E-state index in [1.807, 2.05) is 13.8 Å². The molecule has 0 saturated carbocycles. The number of hydrogen-bond donors (Lipinski definition) is 1. The highest BCUT2D eigenvalue weighted by atomic mass is 16.3. The van der Waals surface area contributed by atoms with E-state index in [2.05, 4.69) is 6.07 Å². The van der Waals surface area contributed by atoms with Gasteiger partial charge < -0.3 is 5.11 Å². The van der Waals surface area contributed by atoms with Crippen LogP contribution in [0.2, 0.25) is 0 Å². The molecule has 0 saturated heterocycles. The lowest BCUT2D eigenvalue weighted by atomic mass is 9.86. The Labute approximate surface area is 56.1 Å². The Morgan fingerprint density at radius 2 is 2.22 bits per heavy atom. The predicted molar refractivity (Wildman–Crippen MR) is 35.7 cm³/mol. The fraction of sp³-hybridized carbons (Fsp3) is 0.857. The normalized spacial score (nSPS) is 16.2. The zero-order valence-electron chi connectivity index (χ0n) is 6.02. The van der Waals surface area contributed by atoms with Crippen LogP contribution < -0.4 is 0 Å². The molecule has 0 fully saturated rings. The van der Waals surface area contributed by atoms with Crippen molar-refractivity contribution >= 4 is 0 Å². The first kappa shape index (κ1) is 8.45. The van der Waals surface area contributed by atoms with Crippen molar-refractivity contribution in [1.29, 1.82) is 5.26 Å². The third-order valence-corrected chi connectivity index (χ3v) is 1.71. The van der Waals surface area contributed by atoms with Crippen LogP contribution >= 0.6 is 0 Å². The molecular weight excluding hydrogens is 114 g/mol. The maximum Gasteiger partial charge on any atom is 0.0687 e. The fourth-order valence-corrected chi connectivity index (χ4v) is 0.558. The minimum Gasteiger partial charge on any atom is -0.396 e. The molecule has 0 heterocycles. The van der Waals surface area contributed by atoms with Crippen LogP contribution in [0, 0.1) is 16.7 Å². The van der Waals surface area contributed by atoms with Crippen LogP contribution in [0.25, 0.3) is 0 Å². The molecule has 0 aromatic heterocycles. The van der Waals surface area contributed by atoms with E-state index in [1.165, 1.54) is 0 Å². The zero-order chi connectivity index (χ0) is 7.33. The Bertz CT molecular complexity index is 117. The number of nitriles is 1. The molecule has 0 rings (SSSR count). The average molecular weight is 127 g/mol. The van der Waals surface area contributed by atoms with Crippen LogP contribution in [0.5, 0.6) is 0 Å². The van der Waals surface area contributed by atoms with Gasteiger partial charge in [-0.05, 0) is 19.8 Å². The summed E-state index contributed by atoms with van der Waals surface area (Å²) in [6.45, 7) is 3.93. The second-order valence-corrected chi connectivity index (χ2v) is 2.50. The maximum atomic E-state index is 8.56. The van der Waals surface area contributed by atoms with E-state index < -0.39 is 0 Å². The van der Waals surface area contributed by atoms with Gasteiger partial charge in [-0.2, -0.15) is 5.26 Å². The van der Waals surface area contributed by atoms with Gasteiger partial charge in [-0.25, -0.2) is 0 Å². The Hall–Kier alpha value is -0.550. The van der Waals surface area contributed by atoms with Crippen LogP contribution in [0.1, 0.15) is 26.7 Å². The van der Waals surface area contributed by atoms with Gasteiger partial charge in [-0.15, -0.1) is 0 Å². The molecule has 1 N–H and O–H groups in total. The molecule has 0 aromatic rings. The lowest BCUT2D eigenvalue weighted by Gasteiger charge is -2.16. The van der Waals surface area contributed by atoms with Gasteiger partial charge in [0.05, 0.1) is 11.5 Å². The summed E-state index contributed by atoms with van der Waals surface area (Å²) in [7, 11) is 0. The maximum absolute atomic E-state index is 8.56. The molecule has 1 atom stereocenters. The molecule has 0 amide bonds. The van der Waals surface area contributed by atoms with Gasteiger partial charge in [-0.3, -0.25) is 0 Å². The van der Waals surface area contributed by atoms with Gasteiger partial charge in [0.1, 0.15) is 0 Å². The smallest absolute Gasteiger partial charge is 0.0687 e. The van der Waals surface area contributed by atoms with Crippen molar-refractivity contribution in [2.75, 3.05) is 6.61 Å². The minimum absolute atomic E-state index is 0.109. The Kier molecular flexibility index (Phi) is 3.26. The van der Waals surface area contributed by atoms with Crippen molar-refractivity contribution in [3.63, 3.8) is 0 Å². The van der Waals surface area contributed by atoms with Crippen LogP contribution in [-0.2, 0) is 0 Å². The van der Waals surface area contributed by atoms with E-state index >= 15 is 0 Å². The van der Waals surface area contributed by atoms with E-state index in [-0.39, 0.29) is 12.0 Å². The first-order chi connectivity index (χ1) is 4.18. The molecule has 0 radical (unpaired) electrons. The quantitative estimate of drug-likeness (QED) is 0.621. The summed E-state index contributed by atoms with van der Waals surface area (Å²) < 4.78 is 0. The molecule has 9 heavy (non-hydrogen) atoms. The molecule has 0 aliphatic carbocycles. The molecular formula is C7H13NO. The summed E-state index contributed by atoms with van der Waals surface area (Å²) in [4.78, 5) is 0. The lowest BCUT2D eigenvalue weighted by Crippen LogP contribution is -2.13. The summed E-state index contributed by atoms with van der Waals surface area (Å²) in [5.74, 6) is 0. The second kappa shape index (κ2) is 3.47. The van der Waals surface area contributed by atoms with E-state index in [1.54, 1.807) is 0 Å². The molecule has 2 heteroatoms. The standard InChI is InChI=1S/C7H13NO/c1-3-7(2,6-8)4-5-9/h9H,3-5H2,1-2H3. The van der Waals surface area contributed by atoms with Crippen LogP contribution in [0.4, 0.5) is 0 Å². The molecule has 52 valence electrons. The van der Waals surface area contributed by atoms with Crippen LogP contribution in [0.3, 0.4) is 0 Å². The van der Waals surface area contributed by atoms with E-state index in [0.29, 0.717) is 6.42 Å². The monoisotopic (exact) mass is 127 g/mol. The summed E-state index contributed by atoms with van der Waals surface area (Å²) in [5, 5.41) is 17.1. The molecule has 1 unspecified atom stereocenters. The third kappa shape index (κ3) is 2.48. The predicted octanol–water partition coefficient (Wildman–Crippen LogP) is 1.31. The number of hydrogen-bond acceptors (Lipinski definition) is 2. The molecule has 0 aliphatic rings. The SMILES string of the molecule is CCC(C)(C#N)CCO. The van der Waals surface area contributed by atoms with Gasteiger partial charge in [0.15, 0.2) is 0 Å². The van der Waals surface area contributed by atoms with Crippen molar-refractivity contribution in [2.24, 2.45) is 5.41 Å². The average Bonchev–Trinajstić information content (AvgIpc) is 1.89. The van der Waals surface area contributed by atoms with Crippen molar-refractivity contribution < 1.29 is 5.11 Å². The minimum atomic E-state index is -0.311. The Morgan fingerprint density at radius 3 is 2.33 bits per heavy atom. The Morgan fingerprint density at radius 1 is 1.67 bits per heavy atom. The van der Waals surface area contributed by atoms with Crippen molar-refractivity contribution in [3.8, 4) is 6.07 Å². The van der Waals surface area contributed by atoms with Gasteiger partial charge in [0.25, 0.3) is 0 Å². The number of nitrogens with zero attached hydrogens (tertiary/aromatic N) is 1. The topological polar surface area (TPSA) is 44.0 Å². The van der Waals surface area contributed by atoms with Crippen LogP contribution in [-0.4, -0.2) is 11.7 Å². The van der Waals surface area contributed by atoms with Crippen LogP contribution in [0.15, 0.2) is 0 Å². The lowest BCUT2D eigenvalue weighted by molar-refractivity contribution is 0.231. The summed E-state index contributed by atoms with van der Waals surface area (Å²) in [5.41, 5.74) is -0.311. The first-order valence-electron chi connectivity index (χ1n) is 3.20. The van der Waals surface area contributed by atoms with Crippen molar-refractivity contribution in [2.45, 2.75) is 26.7 Å². The van der Waals surface area contributed by atoms with E-state index in [0.717, 1.165) is 6.42 Å². The molecule has 2 nitrogen and oxygen atoms in total. The van der Waals surface area contributed by atoms with Gasteiger partial charge >= 0.3 is 0 Å². The van der Waals surface area contributed by atoms with Crippen molar-refractivity contribution in [3.05, 3.63) is 0 Å². The summed E-state index contributed by atoms with van der Waals surface area (Å²) in [6.07, 6.45) is 1.39. The second-order valence-electron chi connectivity index (χ2n) is 2.50. The summed E-state index contributed by atoms with van der Waals surface area (Å²) in [6, 6.07) is 2.17. The summed E-state index contributed by atoms with van der Waals surface area (Å²) >= 11 is 0. The molecule has 0 aliphatic heterocycles. The van der Waals surface area contributed by atoms with E-state index in [4.69, 9.17) is 10.4 Å². The Balaban J connectivity index is 3.81. The van der Waals surface area contributed by atoms with Crippen molar-refractivity contribution in [1.82, 2.24) is 0 Å². The molecule has 0 bridgehead atoms. The largest absolute Gasteiger partial charge is 0.396 e. The third-order valence-electron chi connectivity index (χ3n) is 1.71. The van der Waals surface area contributed by atoms with Gasteiger partial charge in [-0.1, -0.05) is 6.92 Å². The van der Waals surface area contributed by atoms with Gasteiger partial charge in [0, 0.05) is 6.61 Å². The zero-order valence-corrected chi connectivity index (χ0v) is 6.02. The highest BCUT2D eigenvalue weighted by Gasteiger charge is 2.19. The number of aliphatic hydroxyl groups is 1. The van der Waals surface area contributed by atoms with Gasteiger partial charge in [0.2, 0.25) is 0 Å². The highest BCUT2D eigenvalue weighted by molar-refractivity contribution is 4.93. The van der Waals surface area contributed by atoms with E-state index in [9.17, 15) is 0 Å². The number of rotatable bonds is 3. The molecule has 0 spiro atoms. The first-order valence-corrected chi connectivity index (χ1v) is 3.20. The highest BCUT2D eigenvalue weighted by Crippen LogP contribution is 2.23. The fourth-order valence-electron chi connectivity index (χ4n) is 0.558. The number of aliphatic hydroxyl groups excluding tert-OH is 1. The molecule has 0 aromatic carbocycles.